The minimum atomic E-state index is -1.09. The van der Waals surface area contributed by atoms with Crippen molar-refractivity contribution in [2.75, 3.05) is 13.7 Å². The third kappa shape index (κ3) is 2.91. The lowest BCUT2D eigenvalue weighted by Crippen LogP contribution is -2.41. The molecule has 2 atom stereocenters. The van der Waals surface area contributed by atoms with Gasteiger partial charge < -0.3 is 19.8 Å². The van der Waals surface area contributed by atoms with E-state index in [1.807, 2.05) is 0 Å². The van der Waals surface area contributed by atoms with Gasteiger partial charge in [-0.05, 0) is 6.07 Å². The Morgan fingerprint density at radius 2 is 2.10 bits per heavy atom. The number of aliphatic hydroxyl groups is 1. The van der Waals surface area contributed by atoms with Crippen LogP contribution in [0.5, 0.6) is 5.75 Å². The van der Waals surface area contributed by atoms with Gasteiger partial charge in [0.25, 0.3) is 0 Å². The molecule has 108 valence electrons. The van der Waals surface area contributed by atoms with Crippen molar-refractivity contribution in [2.45, 2.75) is 25.0 Å². The summed E-state index contributed by atoms with van der Waals surface area (Å²) in [6.07, 6.45) is -0.647. The number of amides is 1. The maximum atomic E-state index is 12.2. The summed E-state index contributed by atoms with van der Waals surface area (Å²) < 4.78 is 5.17. The van der Waals surface area contributed by atoms with Crippen LogP contribution in [0.15, 0.2) is 24.3 Å². The molecular weight excluding hydrogens is 262 g/mol. The molecule has 1 aliphatic heterocycles. The number of carboxylic acid groups (broad SMARTS) is 1. The summed E-state index contributed by atoms with van der Waals surface area (Å²) in [5.74, 6) is -0.819. The molecule has 0 bridgehead atoms. The summed E-state index contributed by atoms with van der Waals surface area (Å²) >= 11 is 0. The molecule has 1 aromatic carbocycles. The number of hydrogen-bond acceptors (Lipinski definition) is 4. The molecule has 1 unspecified atom stereocenters. The molecule has 2 rings (SSSR count). The number of ether oxygens (including phenoxy) is 1. The zero-order valence-corrected chi connectivity index (χ0v) is 11.2. The Hall–Kier alpha value is -2.08. The summed E-state index contributed by atoms with van der Waals surface area (Å²) in [6.45, 7) is 0.0605. The zero-order chi connectivity index (χ0) is 14.7. The maximum Gasteiger partial charge on any atom is 0.326 e. The van der Waals surface area contributed by atoms with Crippen LogP contribution in [0.25, 0.3) is 0 Å². The Kier molecular flexibility index (Phi) is 4.24. The van der Waals surface area contributed by atoms with Crippen LogP contribution in [0.1, 0.15) is 12.0 Å². The highest BCUT2D eigenvalue weighted by atomic mass is 16.5. The lowest BCUT2D eigenvalue weighted by Gasteiger charge is -2.21. The number of aliphatic hydroxyl groups excluding tert-OH is 1. The van der Waals surface area contributed by atoms with Crippen molar-refractivity contribution in [2.24, 2.45) is 0 Å². The predicted octanol–water partition coefficient (Wildman–Crippen LogP) is 0.284. The number of carbonyl (C=O) groups is 2. The van der Waals surface area contributed by atoms with E-state index < -0.39 is 18.1 Å². The average molecular weight is 279 g/mol. The van der Waals surface area contributed by atoms with E-state index in [0.717, 1.165) is 0 Å². The lowest BCUT2D eigenvalue weighted by molar-refractivity contribution is -0.148. The van der Waals surface area contributed by atoms with Gasteiger partial charge in [-0.3, -0.25) is 4.79 Å². The fourth-order valence-corrected chi connectivity index (χ4v) is 2.44. The largest absolute Gasteiger partial charge is 0.496 e. The molecule has 0 aliphatic carbocycles. The molecule has 1 fully saturated rings. The van der Waals surface area contributed by atoms with E-state index in [1.54, 1.807) is 24.3 Å². The highest BCUT2D eigenvalue weighted by molar-refractivity contribution is 5.86. The van der Waals surface area contributed by atoms with Crippen LogP contribution in [0.2, 0.25) is 0 Å². The van der Waals surface area contributed by atoms with Gasteiger partial charge in [-0.2, -0.15) is 0 Å². The lowest BCUT2D eigenvalue weighted by atomic mass is 10.1. The maximum absolute atomic E-state index is 12.2. The van der Waals surface area contributed by atoms with Crippen molar-refractivity contribution in [3.8, 4) is 5.75 Å². The van der Waals surface area contributed by atoms with Gasteiger partial charge in [-0.25, -0.2) is 4.79 Å². The summed E-state index contributed by atoms with van der Waals surface area (Å²) in [4.78, 5) is 24.6. The first-order valence-electron chi connectivity index (χ1n) is 6.35. The first kappa shape index (κ1) is 14.3. The highest BCUT2D eigenvalue weighted by Crippen LogP contribution is 2.22. The van der Waals surface area contributed by atoms with Gasteiger partial charge in [0.1, 0.15) is 11.8 Å². The van der Waals surface area contributed by atoms with Crippen LogP contribution in [0, 0.1) is 0 Å². The topological polar surface area (TPSA) is 87.1 Å². The molecule has 6 nitrogen and oxygen atoms in total. The van der Waals surface area contributed by atoms with Gasteiger partial charge in [0.05, 0.1) is 19.6 Å². The Morgan fingerprint density at radius 3 is 2.75 bits per heavy atom. The van der Waals surface area contributed by atoms with Gasteiger partial charge >= 0.3 is 5.97 Å². The fourth-order valence-electron chi connectivity index (χ4n) is 2.44. The van der Waals surface area contributed by atoms with Crippen molar-refractivity contribution in [3.05, 3.63) is 29.8 Å². The highest BCUT2D eigenvalue weighted by Gasteiger charge is 2.38. The normalized spacial score (nSPS) is 21.8. The molecule has 1 heterocycles. The van der Waals surface area contributed by atoms with Crippen LogP contribution in [-0.4, -0.2) is 52.8 Å². The Morgan fingerprint density at radius 1 is 1.40 bits per heavy atom. The number of rotatable bonds is 4. The third-order valence-corrected chi connectivity index (χ3v) is 3.42. The molecule has 1 saturated heterocycles. The second-order valence-electron chi connectivity index (χ2n) is 4.78. The number of carbonyl (C=O) groups excluding carboxylic acids is 1. The minimum absolute atomic E-state index is 0.0561. The summed E-state index contributed by atoms with van der Waals surface area (Å²) in [5.41, 5.74) is 0.700. The molecule has 6 heteroatoms. The number of carboxylic acids is 1. The average Bonchev–Trinajstić information content (AvgIpc) is 2.82. The molecule has 0 spiro atoms. The molecular formula is C14H17NO5. The fraction of sp³-hybridized carbons (Fsp3) is 0.429. The van der Waals surface area contributed by atoms with Crippen molar-refractivity contribution < 1.29 is 24.5 Å². The Bertz CT molecular complexity index is 516. The first-order chi connectivity index (χ1) is 9.52. The third-order valence-electron chi connectivity index (χ3n) is 3.42. The Balaban J connectivity index is 2.13. The second-order valence-corrected chi connectivity index (χ2v) is 4.78. The van der Waals surface area contributed by atoms with E-state index in [2.05, 4.69) is 0 Å². The zero-order valence-electron chi connectivity index (χ0n) is 11.2. The van der Waals surface area contributed by atoms with Gasteiger partial charge in [0, 0.05) is 18.5 Å². The number of para-hydroxylation sites is 1. The van der Waals surface area contributed by atoms with Crippen LogP contribution in [-0.2, 0) is 16.0 Å². The number of benzene rings is 1. The number of methoxy groups -OCH3 is 1. The first-order valence-corrected chi connectivity index (χ1v) is 6.35. The molecule has 1 amide bonds. The SMILES string of the molecule is COc1ccccc1CC(=O)N1CC(O)C[C@H]1C(=O)O. The van der Waals surface area contributed by atoms with E-state index in [4.69, 9.17) is 9.84 Å². The summed E-state index contributed by atoms with van der Waals surface area (Å²) in [6, 6.07) is 6.15. The summed E-state index contributed by atoms with van der Waals surface area (Å²) in [7, 11) is 1.52. The van der Waals surface area contributed by atoms with E-state index in [-0.39, 0.29) is 25.3 Å². The van der Waals surface area contributed by atoms with Gasteiger partial charge in [0.15, 0.2) is 0 Å². The number of nitrogens with zero attached hydrogens (tertiary/aromatic N) is 1. The number of β-amino-alcohol motifs (C(OH)–C–C–N with tert-alkyl or cyclic N) is 1. The van der Waals surface area contributed by atoms with Gasteiger partial charge in [0.2, 0.25) is 5.91 Å². The molecule has 0 radical (unpaired) electrons. The molecule has 1 aromatic rings. The molecule has 0 aromatic heterocycles. The standard InChI is InChI=1S/C14H17NO5/c1-20-12-5-3-2-4-9(12)6-13(17)15-8-10(16)7-11(15)14(18)19/h2-5,10-11,16H,6-8H2,1H3,(H,18,19)/t10?,11-/m0/s1. The van der Waals surface area contributed by atoms with E-state index >= 15 is 0 Å². The molecule has 2 N–H and O–H groups in total. The van der Waals surface area contributed by atoms with Crippen LogP contribution in [0.3, 0.4) is 0 Å². The van der Waals surface area contributed by atoms with Gasteiger partial charge in [-0.15, -0.1) is 0 Å². The monoisotopic (exact) mass is 279 g/mol. The van der Waals surface area contributed by atoms with E-state index in [0.29, 0.717) is 11.3 Å². The van der Waals surface area contributed by atoms with E-state index in [9.17, 15) is 14.7 Å². The number of likely N-dealkylation sites (tertiary alicyclic amines) is 1. The van der Waals surface area contributed by atoms with Crippen molar-refractivity contribution in [3.63, 3.8) is 0 Å². The predicted molar refractivity (Wildman–Crippen MR) is 70.5 cm³/mol. The number of hydrogen-bond donors (Lipinski definition) is 2. The van der Waals surface area contributed by atoms with Crippen LogP contribution < -0.4 is 4.74 Å². The number of aliphatic carboxylic acids is 1. The van der Waals surface area contributed by atoms with Crippen LogP contribution in [0.4, 0.5) is 0 Å². The molecule has 0 saturated carbocycles. The minimum Gasteiger partial charge on any atom is -0.496 e. The van der Waals surface area contributed by atoms with Crippen molar-refractivity contribution in [1.82, 2.24) is 4.90 Å². The van der Waals surface area contributed by atoms with Crippen molar-refractivity contribution in [1.29, 1.82) is 0 Å². The summed E-state index contributed by atoms with van der Waals surface area (Å²) in [5, 5.41) is 18.6. The second kappa shape index (κ2) is 5.92. The van der Waals surface area contributed by atoms with E-state index in [1.165, 1.54) is 12.0 Å². The van der Waals surface area contributed by atoms with Crippen LogP contribution >= 0.6 is 0 Å². The quantitative estimate of drug-likeness (QED) is 0.827. The smallest absolute Gasteiger partial charge is 0.326 e. The van der Waals surface area contributed by atoms with Gasteiger partial charge in [-0.1, -0.05) is 18.2 Å². The Labute approximate surface area is 116 Å². The molecule has 1 aliphatic rings. The molecule has 20 heavy (non-hydrogen) atoms. The van der Waals surface area contributed by atoms with Crippen molar-refractivity contribution >= 4 is 11.9 Å².